The zero-order valence-electron chi connectivity index (χ0n) is 12.1. The molecule has 0 unspecified atom stereocenters. The largest absolute Gasteiger partial charge is 0.360 e. The van der Waals surface area contributed by atoms with Gasteiger partial charge in [0.05, 0.1) is 5.69 Å². The first kappa shape index (κ1) is 16.0. The van der Waals surface area contributed by atoms with Crippen LogP contribution in [0.5, 0.6) is 0 Å². The number of carbonyl (C=O) groups excluding carboxylic acids is 1. The molecule has 7 nitrogen and oxygen atoms in total. The van der Waals surface area contributed by atoms with E-state index in [9.17, 15) is 17.6 Å². The molecule has 2 N–H and O–H groups in total. The topological polar surface area (TPSA) is 101 Å². The van der Waals surface area contributed by atoms with Crippen LogP contribution in [0.1, 0.15) is 18.4 Å². The van der Waals surface area contributed by atoms with Crippen molar-refractivity contribution in [2.45, 2.75) is 25.7 Å². The first-order chi connectivity index (χ1) is 10.2. The summed E-state index contributed by atoms with van der Waals surface area (Å²) in [6.45, 7) is 4.20. The Bertz CT molecular complexity index is 810. The zero-order chi connectivity index (χ0) is 16.5. The van der Waals surface area contributed by atoms with Gasteiger partial charge in [0.2, 0.25) is 5.91 Å². The second-order valence-electron chi connectivity index (χ2n) is 4.63. The predicted molar refractivity (Wildman–Crippen MR) is 77.5 cm³/mol. The van der Waals surface area contributed by atoms with Gasteiger partial charge in [-0.2, -0.15) is 0 Å². The Labute approximate surface area is 126 Å². The van der Waals surface area contributed by atoms with Crippen LogP contribution in [-0.4, -0.2) is 19.5 Å². The van der Waals surface area contributed by atoms with E-state index in [2.05, 4.69) is 15.2 Å². The lowest BCUT2D eigenvalue weighted by atomic mass is 10.2. The maximum absolute atomic E-state index is 13.8. The van der Waals surface area contributed by atoms with E-state index >= 15 is 0 Å². The van der Waals surface area contributed by atoms with E-state index in [-0.39, 0.29) is 33.6 Å². The van der Waals surface area contributed by atoms with E-state index in [1.165, 1.54) is 32.9 Å². The lowest BCUT2D eigenvalue weighted by Gasteiger charge is -2.10. The van der Waals surface area contributed by atoms with Crippen LogP contribution in [0.25, 0.3) is 0 Å². The van der Waals surface area contributed by atoms with Crippen molar-refractivity contribution in [1.29, 1.82) is 0 Å². The SMILES string of the molecule is CC(=O)Nc1ccc(F)c(NS(=O)(=O)c2c(C)noc2C)c1. The maximum atomic E-state index is 13.8. The fourth-order valence-electron chi connectivity index (χ4n) is 1.94. The molecular weight excluding hydrogens is 313 g/mol. The Morgan fingerprint density at radius 3 is 2.55 bits per heavy atom. The molecule has 0 bridgehead atoms. The van der Waals surface area contributed by atoms with E-state index in [0.717, 1.165) is 6.07 Å². The molecule has 2 rings (SSSR count). The van der Waals surface area contributed by atoms with Crippen LogP contribution in [0.15, 0.2) is 27.6 Å². The van der Waals surface area contributed by atoms with Crippen LogP contribution in [0.4, 0.5) is 15.8 Å². The number of sulfonamides is 1. The van der Waals surface area contributed by atoms with Gasteiger partial charge in [-0.05, 0) is 32.0 Å². The van der Waals surface area contributed by atoms with Gasteiger partial charge < -0.3 is 9.84 Å². The van der Waals surface area contributed by atoms with Gasteiger partial charge in [0.1, 0.15) is 11.5 Å². The number of carbonyl (C=O) groups is 1. The summed E-state index contributed by atoms with van der Waals surface area (Å²) in [4.78, 5) is 10.9. The molecule has 118 valence electrons. The number of halogens is 1. The van der Waals surface area contributed by atoms with Gasteiger partial charge in [-0.25, -0.2) is 12.8 Å². The lowest BCUT2D eigenvalue weighted by molar-refractivity contribution is -0.114. The Kier molecular flexibility index (Phi) is 4.18. The molecule has 0 saturated carbocycles. The second kappa shape index (κ2) is 5.76. The highest BCUT2D eigenvalue weighted by Crippen LogP contribution is 2.25. The molecule has 22 heavy (non-hydrogen) atoms. The third kappa shape index (κ3) is 3.25. The molecular formula is C13H14FN3O4S. The first-order valence-electron chi connectivity index (χ1n) is 6.23. The number of aryl methyl sites for hydroxylation is 2. The van der Waals surface area contributed by atoms with E-state index in [1.807, 2.05) is 0 Å². The highest BCUT2D eigenvalue weighted by atomic mass is 32.2. The number of amides is 1. The minimum absolute atomic E-state index is 0.100. The maximum Gasteiger partial charge on any atom is 0.267 e. The van der Waals surface area contributed by atoms with E-state index in [1.54, 1.807) is 0 Å². The Balaban J connectivity index is 2.39. The van der Waals surface area contributed by atoms with Gasteiger partial charge in [-0.3, -0.25) is 9.52 Å². The predicted octanol–water partition coefficient (Wildman–Crippen LogP) is 2.19. The summed E-state index contributed by atoms with van der Waals surface area (Å²) < 4.78 is 45.4. The molecule has 1 aromatic carbocycles. The van der Waals surface area contributed by atoms with Crippen molar-refractivity contribution in [2.75, 3.05) is 10.0 Å². The molecule has 9 heteroatoms. The summed E-state index contributed by atoms with van der Waals surface area (Å²) in [6.07, 6.45) is 0. The van der Waals surface area contributed by atoms with Crippen molar-refractivity contribution in [3.8, 4) is 0 Å². The van der Waals surface area contributed by atoms with Crippen molar-refractivity contribution in [2.24, 2.45) is 0 Å². The summed E-state index contributed by atoms with van der Waals surface area (Å²) >= 11 is 0. The van der Waals surface area contributed by atoms with Gasteiger partial charge >= 0.3 is 0 Å². The molecule has 1 heterocycles. The number of hydrogen-bond donors (Lipinski definition) is 2. The van der Waals surface area contributed by atoms with Crippen LogP contribution in [0.3, 0.4) is 0 Å². The van der Waals surface area contributed by atoms with Crippen molar-refractivity contribution in [3.05, 3.63) is 35.5 Å². The summed E-state index contributed by atoms with van der Waals surface area (Å²) in [7, 11) is -4.06. The van der Waals surface area contributed by atoms with Crippen LogP contribution < -0.4 is 10.0 Å². The second-order valence-corrected chi connectivity index (χ2v) is 6.25. The number of benzene rings is 1. The molecule has 0 radical (unpaired) electrons. The summed E-state index contributed by atoms with van der Waals surface area (Å²) in [5.41, 5.74) is 0.153. The van der Waals surface area contributed by atoms with Crippen LogP contribution in [-0.2, 0) is 14.8 Å². The molecule has 2 aromatic rings. The molecule has 0 aliphatic carbocycles. The van der Waals surface area contributed by atoms with Crippen molar-refractivity contribution in [1.82, 2.24) is 5.16 Å². The fraction of sp³-hybridized carbons (Fsp3) is 0.231. The molecule has 0 saturated heterocycles. The molecule has 1 aromatic heterocycles. The molecule has 0 fully saturated rings. The normalized spacial score (nSPS) is 11.3. The van der Waals surface area contributed by atoms with Crippen LogP contribution >= 0.6 is 0 Å². The minimum Gasteiger partial charge on any atom is -0.360 e. The molecule has 0 atom stereocenters. The molecule has 0 aliphatic rings. The molecule has 0 spiro atoms. The minimum atomic E-state index is -4.06. The number of aromatic nitrogens is 1. The third-order valence-electron chi connectivity index (χ3n) is 2.77. The Morgan fingerprint density at radius 1 is 1.32 bits per heavy atom. The molecule has 0 aliphatic heterocycles. The third-order valence-corrected chi connectivity index (χ3v) is 4.38. The number of rotatable bonds is 4. The van der Waals surface area contributed by atoms with Gasteiger partial charge in [0, 0.05) is 12.6 Å². The lowest BCUT2D eigenvalue weighted by Crippen LogP contribution is -2.16. The number of nitrogens with zero attached hydrogens (tertiary/aromatic N) is 1. The first-order valence-corrected chi connectivity index (χ1v) is 7.72. The van der Waals surface area contributed by atoms with E-state index in [0.29, 0.717) is 0 Å². The number of hydrogen-bond acceptors (Lipinski definition) is 5. The summed E-state index contributed by atoms with van der Waals surface area (Å²) in [5, 5.41) is 6.00. The number of anilines is 2. The van der Waals surface area contributed by atoms with Gasteiger partial charge in [0.15, 0.2) is 10.7 Å². The van der Waals surface area contributed by atoms with Crippen molar-refractivity contribution in [3.63, 3.8) is 0 Å². The van der Waals surface area contributed by atoms with Crippen molar-refractivity contribution >= 4 is 27.3 Å². The van der Waals surface area contributed by atoms with E-state index < -0.39 is 15.8 Å². The van der Waals surface area contributed by atoms with E-state index in [4.69, 9.17) is 4.52 Å². The highest BCUT2D eigenvalue weighted by Gasteiger charge is 2.25. The summed E-state index contributed by atoms with van der Waals surface area (Å²) in [5.74, 6) is -1.03. The Morgan fingerprint density at radius 2 is 2.00 bits per heavy atom. The Hall–Kier alpha value is -2.42. The van der Waals surface area contributed by atoms with Crippen LogP contribution in [0.2, 0.25) is 0 Å². The van der Waals surface area contributed by atoms with Crippen molar-refractivity contribution < 1.29 is 22.1 Å². The highest BCUT2D eigenvalue weighted by molar-refractivity contribution is 7.92. The van der Waals surface area contributed by atoms with Gasteiger partial charge in [-0.15, -0.1) is 0 Å². The standard InChI is InChI=1S/C13H14FN3O4S/c1-7-13(8(2)21-16-7)22(19,20)17-12-6-10(15-9(3)18)4-5-11(12)14/h4-6,17H,1-3H3,(H,15,18). The quantitative estimate of drug-likeness (QED) is 0.896. The fourth-order valence-corrected chi connectivity index (χ4v) is 3.33. The monoisotopic (exact) mass is 327 g/mol. The zero-order valence-corrected chi connectivity index (χ0v) is 12.9. The average molecular weight is 327 g/mol. The number of nitrogens with one attached hydrogen (secondary N) is 2. The van der Waals surface area contributed by atoms with Gasteiger partial charge in [-0.1, -0.05) is 5.16 Å². The average Bonchev–Trinajstić information content (AvgIpc) is 2.73. The van der Waals surface area contributed by atoms with Gasteiger partial charge in [0.25, 0.3) is 10.0 Å². The summed E-state index contributed by atoms with van der Waals surface area (Å²) in [6, 6.07) is 3.56. The van der Waals surface area contributed by atoms with Crippen LogP contribution in [0, 0.1) is 19.7 Å². The molecule has 1 amide bonds. The smallest absolute Gasteiger partial charge is 0.267 e.